The van der Waals surface area contributed by atoms with Crippen molar-refractivity contribution in [2.24, 2.45) is 5.73 Å². The van der Waals surface area contributed by atoms with Crippen molar-refractivity contribution in [3.05, 3.63) is 58.6 Å². The highest BCUT2D eigenvalue weighted by atomic mass is 79.9. The summed E-state index contributed by atoms with van der Waals surface area (Å²) in [4.78, 5) is 0. The molecule has 0 spiro atoms. The summed E-state index contributed by atoms with van der Waals surface area (Å²) in [6.07, 6.45) is -0.210. The van der Waals surface area contributed by atoms with E-state index in [-0.39, 0.29) is 12.1 Å². The van der Waals surface area contributed by atoms with E-state index in [1.165, 1.54) is 0 Å². The topological polar surface area (TPSA) is 44.5 Å². The van der Waals surface area contributed by atoms with Crippen LogP contribution in [0.2, 0.25) is 0 Å². The molecule has 2 N–H and O–H groups in total. The molecule has 2 rings (SSSR count). The third-order valence-electron chi connectivity index (χ3n) is 3.09. The molecule has 0 aromatic heterocycles. The van der Waals surface area contributed by atoms with Gasteiger partial charge in [0, 0.05) is 16.1 Å². The van der Waals surface area contributed by atoms with Crippen molar-refractivity contribution >= 4 is 15.9 Å². The first kappa shape index (κ1) is 15.9. The molecular weight excluding hydrogens is 330 g/mol. The Hall–Kier alpha value is -1.52. The predicted octanol–water partition coefficient (Wildman–Crippen LogP) is 4.32. The highest BCUT2D eigenvalue weighted by molar-refractivity contribution is 9.10. The fourth-order valence-corrected chi connectivity index (χ4v) is 2.60. The number of benzene rings is 2. The normalized spacial score (nSPS) is 13.5. The highest BCUT2D eigenvalue weighted by Gasteiger charge is 2.20. The highest BCUT2D eigenvalue weighted by Crippen LogP contribution is 2.30. The van der Waals surface area contributed by atoms with Crippen molar-refractivity contribution in [1.29, 1.82) is 0 Å². The standard InChI is InChI=1S/C17H20BrNO2/c1-3-20-13-8-10-14(11-9-13)21-17(12(2)19)15-6-4-5-7-16(15)18/h4-12,17H,3,19H2,1-2H3. The summed E-state index contributed by atoms with van der Waals surface area (Å²) in [7, 11) is 0. The van der Waals surface area contributed by atoms with E-state index in [0.717, 1.165) is 21.5 Å². The van der Waals surface area contributed by atoms with Gasteiger partial charge in [0.05, 0.1) is 6.61 Å². The Kier molecular flexibility index (Phi) is 5.65. The van der Waals surface area contributed by atoms with Gasteiger partial charge in [-0.3, -0.25) is 0 Å². The summed E-state index contributed by atoms with van der Waals surface area (Å²) in [5.74, 6) is 1.61. The van der Waals surface area contributed by atoms with Crippen LogP contribution < -0.4 is 15.2 Å². The Labute approximate surface area is 134 Å². The van der Waals surface area contributed by atoms with Crippen molar-refractivity contribution in [1.82, 2.24) is 0 Å². The minimum Gasteiger partial charge on any atom is -0.494 e. The van der Waals surface area contributed by atoms with Gasteiger partial charge >= 0.3 is 0 Å². The molecular formula is C17H20BrNO2. The molecule has 4 heteroatoms. The van der Waals surface area contributed by atoms with Crippen LogP contribution in [0.5, 0.6) is 11.5 Å². The Morgan fingerprint density at radius 1 is 1.05 bits per heavy atom. The SMILES string of the molecule is CCOc1ccc(OC(c2ccccc2Br)C(C)N)cc1. The lowest BCUT2D eigenvalue weighted by Crippen LogP contribution is -2.29. The second-order valence-electron chi connectivity index (χ2n) is 4.82. The first-order chi connectivity index (χ1) is 10.1. The molecule has 0 radical (unpaired) electrons. The third kappa shape index (κ3) is 4.22. The molecule has 0 aliphatic heterocycles. The molecule has 3 nitrogen and oxygen atoms in total. The zero-order valence-electron chi connectivity index (χ0n) is 12.3. The van der Waals surface area contributed by atoms with Crippen LogP contribution in [-0.2, 0) is 0 Å². The molecule has 112 valence electrons. The molecule has 21 heavy (non-hydrogen) atoms. The van der Waals surface area contributed by atoms with E-state index in [4.69, 9.17) is 15.2 Å². The summed E-state index contributed by atoms with van der Waals surface area (Å²) in [5, 5.41) is 0. The number of nitrogens with two attached hydrogens (primary N) is 1. The molecule has 0 aliphatic carbocycles. The van der Waals surface area contributed by atoms with Crippen LogP contribution in [-0.4, -0.2) is 12.6 Å². The zero-order valence-corrected chi connectivity index (χ0v) is 13.8. The van der Waals surface area contributed by atoms with E-state index in [9.17, 15) is 0 Å². The summed E-state index contributed by atoms with van der Waals surface area (Å²) in [6, 6.07) is 15.4. The fourth-order valence-electron chi connectivity index (χ4n) is 2.09. The van der Waals surface area contributed by atoms with Crippen LogP contribution in [0.3, 0.4) is 0 Å². The largest absolute Gasteiger partial charge is 0.494 e. The van der Waals surface area contributed by atoms with Crippen LogP contribution in [0.25, 0.3) is 0 Å². The number of ether oxygens (including phenoxy) is 2. The summed E-state index contributed by atoms with van der Waals surface area (Å²) in [6.45, 7) is 4.56. The average Bonchev–Trinajstić information content (AvgIpc) is 2.47. The van der Waals surface area contributed by atoms with Crippen LogP contribution in [0.15, 0.2) is 53.0 Å². The molecule has 0 saturated carbocycles. The van der Waals surface area contributed by atoms with Crippen molar-refractivity contribution in [2.75, 3.05) is 6.61 Å². The molecule has 0 amide bonds. The van der Waals surface area contributed by atoms with Gasteiger partial charge < -0.3 is 15.2 Å². The first-order valence-corrected chi connectivity index (χ1v) is 7.80. The van der Waals surface area contributed by atoms with Gasteiger partial charge in [0.2, 0.25) is 0 Å². The van der Waals surface area contributed by atoms with Crippen LogP contribution >= 0.6 is 15.9 Å². The van der Waals surface area contributed by atoms with E-state index in [0.29, 0.717) is 6.61 Å². The molecule has 0 saturated heterocycles. The lowest BCUT2D eigenvalue weighted by atomic mass is 10.0. The fraction of sp³-hybridized carbons (Fsp3) is 0.294. The summed E-state index contributed by atoms with van der Waals surface area (Å²) in [5.41, 5.74) is 7.14. The van der Waals surface area contributed by atoms with E-state index in [2.05, 4.69) is 15.9 Å². The Balaban J connectivity index is 2.19. The first-order valence-electron chi connectivity index (χ1n) is 7.01. The van der Waals surface area contributed by atoms with Crippen molar-refractivity contribution < 1.29 is 9.47 Å². The number of hydrogen-bond donors (Lipinski definition) is 1. The Morgan fingerprint density at radius 3 is 2.24 bits per heavy atom. The van der Waals surface area contributed by atoms with Gasteiger partial charge in [-0.2, -0.15) is 0 Å². The molecule has 2 aromatic carbocycles. The average molecular weight is 350 g/mol. The van der Waals surface area contributed by atoms with Crippen molar-refractivity contribution in [2.45, 2.75) is 26.0 Å². The Bertz CT molecular complexity index is 569. The smallest absolute Gasteiger partial charge is 0.140 e. The molecule has 0 fully saturated rings. The van der Waals surface area contributed by atoms with Gasteiger partial charge in [-0.25, -0.2) is 0 Å². The maximum absolute atomic E-state index is 6.09. The summed E-state index contributed by atoms with van der Waals surface area (Å²) >= 11 is 3.56. The minimum atomic E-state index is -0.210. The van der Waals surface area contributed by atoms with Gasteiger partial charge in [0.15, 0.2) is 0 Å². The van der Waals surface area contributed by atoms with Crippen molar-refractivity contribution in [3.8, 4) is 11.5 Å². The molecule has 0 aliphatic rings. The third-order valence-corrected chi connectivity index (χ3v) is 3.81. The Morgan fingerprint density at radius 2 is 1.67 bits per heavy atom. The summed E-state index contributed by atoms with van der Waals surface area (Å²) < 4.78 is 12.5. The lowest BCUT2D eigenvalue weighted by Gasteiger charge is -2.24. The van der Waals surface area contributed by atoms with E-state index in [1.54, 1.807) is 0 Å². The van der Waals surface area contributed by atoms with E-state index in [1.807, 2.05) is 62.4 Å². The maximum atomic E-state index is 6.09. The van der Waals surface area contributed by atoms with Gasteiger partial charge in [0.1, 0.15) is 17.6 Å². The monoisotopic (exact) mass is 349 g/mol. The van der Waals surface area contributed by atoms with E-state index >= 15 is 0 Å². The molecule has 2 atom stereocenters. The van der Waals surface area contributed by atoms with Gasteiger partial charge in [-0.05, 0) is 44.2 Å². The van der Waals surface area contributed by atoms with Crippen LogP contribution in [0.4, 0.5) is 0 Å². The van der Waals surface area contributed by atoms with Crippen LogP contribution in [0.1, 0.15) is 25.5 Å². The van der Waals surface area contributed by atoms with Crippen LogP contribution in [0, 0.1) is 0 Å². The zero-order chi connectivity index (χ0) is 15.2. The van der Waals surface area contributed by atoms with Gasteiger partial charge in [-0.15, -0.1) is 0 Å². The molecule has 0 bridgehead atoms. The molecule has 2 unspecified atom stereocenters. The van der Waals surface area contributed by atoms with Gasteiger partial charge in [-0.1, -0.05) is 34.1 Å². The number of halogens is 1. The minimum absolute atomic E-state index is 0.129. The van der Waals surface area contributed by atoms with Crippen molar-refractivity contribution in [3.63, 3.8) is 0 Å². The lowest BCUT2D eigenvalue weighted by molar-refractivity contribution is 0.179. The molecule has 0 heterocycles. The van der Waals surface area contributed by atoms with Gasteiger partial charge in [0.25, 0.3) is 0 Å². The predicted molar refractivity (Wildman–Crippen MR) is 88.8 cm³/mol. The number of hydrogen-bond acceptors (Lipinski definition) is 3. The second kappa shape index (κ2) is 7.48. The quantitative estimate of drug-likeness (QED) is 0.844. The molecule has 2 aromatic rings. The maximum Gasteiger partial charge on any atom is 0.140 e. The number of rotatable bonds is 6. The van der Waals surface area contributed by atoms with E-state index < -0.39 is 0 Å². The second-order valence-corrected chi connectivity index (χ2v) is 5.68.